The number of alkyl halides is 1. The minimum Gasteiger partial charge on any atom is -0.497 e. The first-order valence-corrected chi connectivity index (χ1v) is 14.2. The number of carboxylic acids is 1. The molecule has 204 valence electrons. The van der Waals surface area contributed by atoms with E-state index in [1.54, 1.807) is 38.2 Å². The molecule has 1 aliphatic heterocycles. The van der Waals surface area contributed by atoms with E-state index in [4.69, 9.17) is 9.47 Å². The van der Waals surface area contributed by atoms with Crippen LogP contribution < -0.4 is 9.47 Å². The number of ether oxygens (including phenoxy) is 2. The molecule has 8 heteroatoms. The summed E-state index contributed by atoms with van der Waals surface area (Å²) in [7, 11) is 3.29. The number of pyridine rings is 1. The highest BCUT2D eigenvalue weighted by Crippen LogP contribution is 2.37. The Kier molecular flexibility index (Phi) is 10.2. The van der Waals surface area contributed by atoms with E-state index in [0.717, 1.165) is 59.8 Å². The maximum absolute atomic E-state index is 15.6. The molecule has 1 saturated heterocycles. The minimum absolute atomic E-state index is 0.152. The zero-order valence-electron chi connectivity index (χ0n) is 22.1. The molecule has 1 aliphatic rings. The summed E-state index contributed by atoms with van der Waals surface area (Å²) in [5.41, 5.74) is 1.39. The number of hydrogen-bond donors (Lipinski definition) is 1. The van der Waals surface area contributed by atoms with E-state index in [0.29, 0.717) is 30.1 Å². The van der Waals surface area contributed by atoms with Gasteiger partial charge >= 0.3 is 5.97 Å². The zero-order valence-corrected chi connectivity index (χ0v) is 23.0. The Morgan fingerprint density at radius 2 is 2.00 bits per heavy atom. The number of halogens is 1. The van der Waals surface area contributed by atoms with E-state index in [1.807, 2.05) is 36.4 Å². The molecule has 1 fully saturated rings. The third-order valence-electron chi connectivity index (χ3n) is 7.55. The predicted molar refractivity (Wildman–Crippen MR) is 150 cm³/mol. The van der Waals surface area contributed by atoms with Gasteiger partial charge in [-0.2, -0.15) is 0 Å². The fourth-order valence-corrected chi connectivity index (χ4v) is 6.50. The Hall–Kier alpha value is -2.84. The number of carbonyl (C=O) groups is 1. The second-order valence-corrected chi connectivity index (χ2v) is 11.0. The highest BCUT2D eigenvalue weighted by molar-refractivity contribution is 7.99. The highest BCUT2D eigenvalue weighted by atomic mass is 32.2. The Labute approximate surface area is 228 Å². The molecule has 2 heterocycles. The first-order valence-electron chi connectivity index (χ1n) is 13.2. The molecule has 0 aliphatic carbocycles. The normalized spacial score (nSPS) is 18.8. The first kappa shape index (κ1) is 28.2. The number of likely N-dealkylation sites (tertiary alicyclic amines) is 1. The number of carboxylic acid groups (broad SMARTS) is 1. The number of fused-ring (bicyclic) bond motifs is 1. The SMILES string of the molecule is COc1ccc2nccc([C@@H](F)CCC3CCN(CCSc4ccccc4OC)CC3CCC(=O)O)c2c1. The number of para-hydroxylation sites is 1. The third-order valence-corrected chi connectivity index (χ3v) is 8.58. The van der Waals surface area contributed by atoms with Crippen LogP contribution in [-0.2, 0) is 4.79 Å². The van der Waals surface area contributed by atoms with Gasteiger partial charge in [-0.25, -0.2) is 4.39 Å². The predicted octanol–water partition coefficient (Wildman–Crippen LogP) is 6.64. The van der Waals surface area contributed by atoms with Gasteiger partial charge in [0.15, 0.2) is 0 Å². The summed E-state index contributed by atoms with van der Waals surface area (Å²) >= 11 is 1.78. The van der Waals surface area contributed by atoms with Crippen molar-refractivity contribution < 1.29 is 23.8 Å². The molecule has 0 radical (unpaired) electrons. The van der Waals surface area contributed by atoms with Crippen LogP contribution in [0.4, 0.5) is 4.39 Å². The Morgan fingerprint density at radius 1 is 1.16 bits per heavy atom. The van der Waals surface area contributed by atoms with Gasteiger partial charge in [-0.05, 0) is 86.0 Å². The molecule has 2 unspecified atom stereocenters. The fourth-order valence-electron chi connectivity index (χ4n) is 5.46. The second kappa shape index (κ2) is 13.8. The van der Waals surface area contributed by atoms with Crippen molar-refractivity contribution in [2.24, 2.45) is 11.8 Å². The van der Waals surface area contributed by atoms with E-state index in [1.165, 1.54) is 0 Å². The van der Waals surface area contributed by atoms with E-state index < -0.39 is 12.1 Å². The molecule has 0 amide bonds. The maximum atomic E-state index is 15.6. The van der Waals surface area contributed by atoms with Gasteiger partial charge in [0.25, 0.3) is 0 Å². The summed E-state index contributed by atoms with van der Waals surface area (Å²) in [6, 6.07) is 15.3. The van der Waals surface area contributed by atoms with Gasteiger partial charge in [-0.3, -0.25) is 9.78 Å². The number of benzene rings is 2. The van der Waals surface area contributed by atoms with Crippen molar-refractivity contribution in [2.45, 2.75) is 43.2 Å². The molecule has 1 N–H and O–H groups in total. The monoisotopic (exact) mass is 540 g/mol. The molecule has 0 saturated carbocycles. The number of aliphatic carboxylic acids is 1. The van der Waals surface area contributed by atoms with Crippen LogP contribution in [0.25, 0.3) is 10.9 Å². The first-order chi connectivity index (χ1) is 18.5. The summed E-state index contributed by atoms with van der Waals surface area (Å²) in [4.78, 5) is 19.3. The van der Waals surface area contributed by atoms with Gasteiger partial charge in [0.2, 0.25) is 0 Å². The molecule has 6 nitrogen and oxygen atoms in total. The van der Waals surface area contributed by atoms with Crippen molar-refractivity contribution >= 4 is 28.6 Å². The molecular formula is C30H37FN2O4S. The van der Waals surface area contributed by atoms with E-state index >= 15 is 4.39 Å². The Morgan fingerprint density at radius 3 is 2.79 bits per heavy atom. The quantitative estimate of drug-likeness (QED) is 0.244. The lowest BCUT2D eigenvalue weighted by Crippen LogP contribution is -2.41. The lowest BCUT2D eigenvalue weighted by Gasteiger charge is -2.39. The molecule has 2 aromatic carbocycles. The molecule has 4 rings (SSSR count). The number of nitrogens with zero attached hydrogens (tertiary/aromatic N) is 2. The highest BCUT2D eigenvalue weighted by Gasteiger charge is 2.30. The summed E-state index contributed by atoms with van der Waals surface area (Å²) in [6.45, 7) is 2.74. The summed E-state index contributed by atoms with van der Waals surface area (Å²) in [6.07, 6.45) is 3.44. The second-order valence-electron chi connectivity index (χ2n) is 9.87. The van der Waals surface area contributed by atoms with Crippen molar-refractivity contribution in [3.8, 4) is 11.5 Å². The fraction of sp³-hybridized carbons (Fsp3) is 0.467. The van der Waals surface area contributed by atoms with Crippen molar-refractivity contribution in [3.05, 3.63) is 60.3 Å². The van der Waals surface area contributed by atoms with Gasteiger partial charge in [0.1, 0.15) is 17.7 Å². The van der Waals surface area contributed by atoms with Crippen LogP contribution in [0.1, 0.15) is 43.8 Å². The lowest BCUT2D eigenvalue weighted by molar-refractivity contribution is -0.137. The summed E-state index contributed by atoms with van der Waals surface area (Å²) < 4.78 is 26.4. The number of hydrogen-bond acceptors (Lipinski definition) is 6. The molecule has 0 spiro atoms. The van der Waals surface area contributed by atoms with E-state index in [-0.39, 0.29) is 12.3 Å². The van der Waals surface area contributed by atoms with Gasteiger partial charge in [-0.1, -0.05) is 12.1 Å². The summed E-state index contributed by atoms with van der Waals surface area (Å²) in [5.74, 6) is 2.29. The molecule has 3 aromatic rings. The summed E-state index contributed by atoms with van der Waals surface area (Å²) in [5, 5.41) is 10.1. The standard InChI is InChI=1S/C30H37FN2O4S/c1-36-23-9-11-27-25(19-23)24(13-15-32-27)26(31)10-7-21-14-16-33(20-22(21)8-12-30(34)35)17-18-38-29-6-4-3-5-28(29)37-2/h3-6,9,11,13,15,19,21-22,26H,7-8,10,12,14,16-18,20H2,1-2H3,(H,34,35)/t21?,22?,26-/m0/s1. The topological polar surface area (TPSA) is 71.9 Å². The average molecular weight is 541 g/mol. The zero-order chi connectivity index (χ0) is 26.9. The molecule has 0 bridgehead atoms. The molecule has 3 atom stereocenters. The molecular weight excluding hydrogens is 503 g/mol. The van der Waals surface area contributed by atoms with Gasteiger partial charge in [0.05, 0.1) is 19.7 Å². The van der Waals surface area contributed by atoms with E-state index in [9.17, 15) is 9.90 Å². The number of thioether (sulfide) groups is 1. The van der Waals surface area contributed by atoms with Crippen LogP contribution in [0.2, 0.25) is 0 Å². The van der Waals surface area contributed by atoms with Crippen LogP contribution in [0.3, 0.4) is 0 Å². The third kappa shape index (κ3) is 7.38. The van der Waals surface area contributed by atoms with Crippen LogP contribution in [-0.4, -0.2) is 60.6 Å². The number of rotatable bonds is 13. The molecule has 1 aromatic heterocycles. The van der Waals surface area contributed by atoms with Crippen LogP contribution in [0, 0.1) is 11.8 Å². The van der Waals surface area contributed by atoms with Crippen molar-refractivity contribution in [2.75, 3.05) is 39.6 Å². The largest absolute Gasteiger partial charge is 0.497 e. The van der Waals surface area contributed by atoms with Gasteiger partial charge in [-0.15, -0.1) is 11.8 Å². The Bertz CT molecular complexity index is 1210. The van der Waals surface area contributed by atoms with Crippen molar-refractivity contribution in [1.29, 1.82) is 0 Å². The van der Waals surface area contributed by atoms with Gasteiger partial charge < -0.3 is 19.5 Å². The Balaban J connectivity index is 1.35. The van der Waals surface area contributed by atoms with Crippen molar-refractivity contribution in [1.82, 2.24) is 9.88 Å². The van der Waals surface area contributed by atoms with Crippen molar-refractivity contribution in [3.63, 3.8) is 0 Å². The van der Waals surface area contributed by atoms with Gasteiger partial charge in [0, 0.05) is 41.7 Å². The minimum atomic E-state index is -1.11. The van der Waals surface area contributed by atoms with Crippen LogP contribution in [0.15, 0.2) is 59.6 Å². The van der Waals surface area contributed by atoms with E-state index in [2.05, 4.69) is 16.0 Å². The smallest absolute Gasteiger partial charge is 0.303 e. The number of methoxy groups -OCH3 is 2. The molecule has 38 heavy (non-hydrogen) atoms. The number of aromatic nitrogens is 1. The maximum Gasteiger partial charge on any atom is 0.303 e. The van der Waals surface area contributed by atoms with Crippen LogP contribution >= 0.6 is 11.8 Å². The lowest BCUT2D eigenvalue weighted by atomic mass is 9.79. The average Bonchev–Trinajstić information content (AvgIpc) is 2.94. The number of piperidine rings is 1. The van der Waals surface area contributed by atoms with Crippen LogP contribution in [0.5, 0.6) is 11.5 Å².